The van der Waals surface area contributed by atoms with Crippen LogP contribution in [0.4, 0.5) is 0 Å². The molecule has 0 aromatic carbocycles. The Labute approximate surface area is 122 Å². The summed E-state index contributed by atoms with van der Waals surface area (Å²) >= 11 is 0. The molecule has 5 nitrogen and oxygen atoms in total. The Balaban J connectivity index is 2.28. The number of nitrogens with one attached hydrogen (secondary N) is 1. The first-order valence-corrected chi connectivity index (χ1v) is 8.62. The van der Waals surface area contributed by atoms with E-state index in [2.05, 4.69) is 12.2 Å². The van der Waals surface area contributed by atoms with Crippen molar-refractivity contribution in [2.45, 2.75) is 44.2 Å². The van der Waals surface area contributed by atoms with Gasteiger partial charge in [0.05, 0.1) is 0 Å². The van der Waals surface area contributed by atoms with Gasteiger partial charge in [0.15, 0.2) is 0 Å². The average molecular weight is 299 g/mol. The lowest BCUT2D eigenvalue weighted by atomic mass is 9.95. The number of rotatable bonds is 4. The van der Waals surface area contributed by atoms with Crippen LogP contribution in [0.25, 0.3) is 0 Å². The first-order chi connectivity index (χ1) is 9.36. The largest absolute Gasteiger partial charge is 0.352 e. The second-order valence-electron chi connectivity index (χ2n) is 5.90. The summed E-state index contributed by atoms with van der Waals surface area (Å²) in [7, 11) is 0.369. The van der Waals surface area contributed by atoms with Crippen molar-refractivity contribution in [2.75, 3.05) is 13.6 Å². The molecule has 1 aromatic heterocycles. The van der Waals surface area contributed by atoms with Gasteiger partial charge in [0.1, 0.15) is 4.90 Å². The van der Waals surface area contributed by atoms with E-state index in [0.29, 0.717) is 23.9 Å². The molecule has 1 aromatic rings. The summed E-state index contributed by atoms with van der Waals surface area (Å²) in [6.45, 7) is 5.48. The zero-order chi connectivity index (χ0) is 14.9. The molecule has 0 aliphatic carbocycles. The SMILES string of the molecule is CNCc1cc(S(=O)(=O)N2CCC(C)CC2C)cn1C. The number of hydrogen-bond donors (Lipinski definition) is 1. The molecule has 20 heavy (non-hydrogen) atoms. The molecule has 0 amide bonds. The minimum atomic E-state index is -3.37. The lowest BCUT2D eigenvalue weighted by Crippen LogP contribution is -2.43. The molecule has 6 heteroatoms. The van der Waals surface area contributed by atoms with Gasteiger partial charge in [-0.25, -0.2) is 8.42 Å². The van der Waals surface area contributed by atoms with Crippen molar-refractivity contribution < 1.29 is 8.42 Å². The molecule has 0 spiro atoms. The number of piperidine rings is 1. The molecule has 2 atom stereocenters. The van der Waals surface area contributed by atoms with Gasteiger partial charge < -0.3 is 9.88 Å². The fourth-order valence-electron chi connectivity index (χ4n) is 2.95. The van der Waals surface area contributed by atoms with E-state index in [0.717, 1.165) is 18.5 Å². The van der Waals surface area contributed by atoms with Crippen LogP contribution in [0.2, 0.25) is 0 Å². The summed E-state index contributed by atoms with van der Waals surface area (Å²) in [5, 5.41) is 3.05. The third-order valence-corrected chi connectivity index (χ3v) is 6.10. The third-order valence-electron chi connectivity index (χ3n) is 4.12. The Morgan fingerprint density at radius 2 is 2.10 bits per heavy atom. The van der Waals surface area contributed by atoms with E-state index in [1.165, 1.54) is 0 Å². The van der Waals surface area contributed by atoms with Gasteiger partial charge in [0, 0.05) is 38.1 Å². The number of aryl methyl sites for hydroxylation is 1. The van der Waals surface area contributed by atoms with Crippen LogP contribution in [0.15, 0.2) is 17.2 Å². The van der Waals surface area contributed by atoms with Crippen molar-refractivity contribution in [1.82, 2.24) is 14.2 Å². The van der Waals surface area contributed by atoms with Crippen LogP contribution >= 0.6 is 0 Å². The third kappa shape index (κ3) is 2.92. The monoisotopic (exact) mass is 299 g/mol. The maximum atomic E-state index is 12.8. The van der Waals surface area contributed by atoms with Crippen LogP contribution in [0.1, 0.15) is 32.4 Å². The summed E-state index contributed by atoms with van der Waals surface area (Å²) in [6, 6.07) is 1.85. The molecule has 1 fully saturated rings. The van der Waals surface area contributed by atoms with Crippen molar-refractivity contribution in [2.24, 2.45) is 13.0 Å². The maximum absolute atomic E-state index is 12.8. The van der Waals surface area contributed by atoms with Crippen molar-refractivity contribution in [1.29, 1.82) is 0 Å². The van der Waals surface area contributed by atoms with E-state index in [9.17, 15) is 8.42 Å². The van der Waals surface area contributed by atoms with Crippen molar-refractivity contribution in [3.63, 3.8) is 0 Å². The van der Waals surface area contributed by atoms with E-state index in [-0.39, 0.29) is 6.04 Å². The normalized spacial score (nSPS) is 25.0. The summed E-state index contributed by atoms with van der Waals surface area (Å²) in [5.74, 6) is 0.604. The smallest absolute Gasteiger partial charge is 0.244 e. The molecular formula is C14H25N3O2S. The van der Waals surface area contributed by atoms with Crippen LogP contribution in [-0.2, 0) is 23.6 Å². The summed E-state index contributed by atoms with van der Waals surface area (Å²) in [5.41, 5.74) is 0.976. The number of hydrogen-bond acceptors (Lipinski definition) is 3. The van der Waals surface area contributed by atoms with Gasteiger partial charge in [-0.3, -0.25) is 0 Å². The highest BCUT2D eigenvalue weighted by molar-refractivity contribution is 7.89. The Morgan fingerprint density at radius 3 is 2.70 bits per heavy atom. The molecule has 2 rings (SSSR count). The highest BCUT2D eigenvalue weighted by atomic mass is 32.2. The molecule has 2 unspecified atom stereocenters. The Morgan fingerprint density at radius 1 is 1.40 bits per heavy atom. The van der Waals surface area contributed by atoms with E-state index >= 15 is 0 Å². The highest BCUT2D eigenvalue weighted by Gasteiger charge is 2.33. The van der Waals surface area contributed by atoms with Gasteiger partial charge >= 0.3 is 0 Å². The van der Waals surface area contributed by atoms with E-state index in [4.69, 9.17) is 0 Å². The van der Waals surface area contributed by atoms with Crippen LogP contribution in [0.3, 0.4) is 0 Å². The molecule has 1 aliphatic rings. The lowest BCUT2D eigenvalue weighted by molar-refractivity contribution is 0.220. The number of sulfonamides is 1. The second kappa shape index (κ2) is 5.87. The van der Waals surface area contributed by atoms with Gasteiger partial charge in [-0.05, 0) is 38.8 Å². The van der Waals surface area contributed by atoms with E-state index < -0.39 is 10.0 Å². The van der Waals surface area contributed by atoms with Gasteiger partial charge in [0.25, 0.3) is 0 Å². The van der Waals surface area contributed by atoms with E-state index in [1.807, 2.05) is 25.6 Å². The van der Waals surface area contributed by atoms with Crippen molar-refractivity contribution >= 4 is 10.0 Å². The topological polar surface area (TPSA) is 54.3 Å². The minimum absolute atomic E-state index is 0.0803. The second-order valence-corrected chi connectivity index (χ2v) is 7.79. The van der Waals surface area contributed by atoms with Gasteiger partial charge in [0.2, 0.25) is 10.0 Å². The molecular weight excluding hydrogens is 274 g/mol. The first-order valence-electron chi connectivity index (χ1n) is 7.18. The van der Waals surface area contributed by atoms with Gasteiger partial charge in [-0.15, -0.1) is 0 Å². The highest BCUT2D eigenvalue weighted by Crippen LogP contribution is 2.28. The zero-order valence-electron chi connectivity index (χ0n) is 12.8. The van der Waals surface area contributed by atoms with Gasteiger partial charge in [-0.1, -0.05) is 6.92 Å². The van der Waals surface area contributed by atoms with Crippen LogP contribution < -0.4 is 5.32 Å². The van der Waals surface area contributed by atoms with Gasteiger partial charge in [-0.2, -0.15) is 4.31 Å². The molecule has 1 aliphatic heterocycles. The number of nitrogens with zero attached hydrogens (tertiary/aromatic N) is 2. The fourth-order valence-corrected chi connectivity index (χ4v) is 4.71. The quantitative estimate of drug-likeness (QED) is 0.918. The molecule has 0 saturated carbocycles. The van der Waals surface area contributed by atoms with E-state index in [1.54, 1.807) is 16.6 Å². The molecule has 1 saturated heterocycles. The summed E-state index contributed by atoms with van der Waals surface area (Å²) in [4.78, 5) is 0.409. The molecule has 2 heterocycles. The number of aromatic nitrogens is 1. The molecule has 0 radical (unpaired) electrons. The van der Waals surface area contributed by atoms with Crippen molar-refractivity contribution in [3.8, 4) is 0 Å². The average Bonchev–Trinajstić information content (AvgIpc) is 2.72. The first kappa shape index (κ1) is 15.5. The standard InChI is InChI=1S/C14H25N3O2S/c1-11-5-6-17(12(2)7-11)20(18,19)14-8-13(9-15-3)16(4)10-14/h8,10-12,15H,5-7,9H2,1-4H3. The molecule has 0 bridgehead atoms. The summed E-state index contributed by atoms with van der Waals surface area (Å²) < 4.78 is 29.1. The maximum Gasteiger partial charge on any atom is 0.244 e. The minimum Gasteiger partial charge on any atom is -0.352 e. The van der Waals surface area contributed by atoms with Crippen LogP contribution in [0, 0.1) is 5.92 Å². The predicted octanol–water partition coefficient (Wildman–Crippen LogP) is 1.55. The molecule has 114 valence electrons. The zero-order valence-corrected chi connectivity index (χ0v) is 13.6. The summed E-state index contributed by atoms with van der Waals surface area (Å²) in [6.07, 6.45) is 3.60. The Kier molecular flexibility index (Phi) is 4.56. The Hall–Kier alpha value is -0.850. The molecule has 1 N–H and O–H groups in total. The fraction of sp³-hybridized carbons (Fsp3) is 0.714. The van der Waals surface area contributed by atoms with Crippen LogP contribution in [0.5, 0.6) is 0 Å². The van der Waals surface area contributed by atoms with Crippen LogP contribution in [-0.4, -0.2) is 36.9 Å². The lowest BCUT2D eigenvalue weighted by Gasteiger charge is -2.35. The van der Waals surface area contributed by atoms with Crippen molar-refractivity contribution in [3.05, 3.63) is 18.0 Å². The predicted molar refractivity (Wildman–Crippen MR) is 79.9 cm³/mol. The Bertz CT molecular complexity index is 565.